The lowest BCUT2D eigenvalue weighted by atomic mass is 10.1. The molecule has 1 amide bonds. The Morgan fingerprint density at radius 2 is 1.71 bits per heavy atom. The molecule has 0 N–H and O–H groups in total. The summed E-state index contributed by atoms with van der Waals surface area (Å²) < 4.78 is 1.45. The van der Waals surface area contributed by atoms with Crippen molar-refractivity contribution in [3.8, 4) is 0 Å². The SMILES string of the molecule is C=CCN(C(=O)c1cn(C)c(=O)c2ccccc12)c1ccccc1. The second-order valence-corrected chi connectivity index (χ2v) is 5.54. The van der Waals surface area contributed by atoms with E-state index >= 15 is 0 Å². The quantitative estimate of drug-likeness (QED) is 0.692. The van der Waals surface area contributed by atoms with Crippen LogP contribution in [0.25, 0.3) is 10.8 Å². The molecule has 4 nitrogen and oxygen atoms in total. The van der Waals surface area contributed by atoms with Gasteiger partial charge in [-0.15, -0.1) is 6.58 Å². The Labute approximate surface area is 140 Å². The highest BCUT2D eigenvalue weighted by Crippen LogP contribution is 2.21. The summed E-state index contributed by atoms with van der Waals surface area (Å²) in [7, 11) is 1.66. The first kappa shape index (κ1) is 15.7. The monoisotopic (exact) mass is 318 g/mol. The van der Waals surface area contributed by atoms with Gasteiger partial charge < -0.3 is 9.47 Å². The number of pyridine rings is 1. The highest BCUT2D eigenvalue weighted by atomic mass is 16.2. The molecule has 1 aromatic heterocycles. The fraction of sp³-hybridized carbons (Fsp3) is 0.100. The lowest BCUT2D eigenvalue weighted by Gasteiger charge is -2.22. The highest BCUT2D eigenvalue weighted by Gasteiger charge is 2.20. The van der Waals surface area contributed by atoms with Gasteiger partial charge in [0.25, 0.3) is 11.5 Å². The molecule has 0 bridgehead atoms. The number of nitrogens with zero attached hydrogens (tertiary/aromatic N) is 2. The second kappa shape index (κ2) is 6.54. The van der Waals surface area contributed by atoms with Crippen molar-refractivity contribution in [3.63, 3.8) is 0 Å². The van der Waals surface area contributed by atoms with Gasteiger partial charge in [-0.05, 0) is 18.2 Å². The normalized spacial score (nSPS) is 10.5. The Kier molecular flexibility index (Phi) is 4.29. The minimum absolute atomic E-state index is 0.114. The lowest BCUT2D eigenvalue weighted by Crippen LogP contribution is -2.32. The number of para-hydroxylation sites is 1. The summed E-state index contributed by atoms with van der Waals surface area (Å²) in [4.78, 5) is 27.1. The van der Waals surface area contributed by atoms with Crippen LogP contribution in [0.4, 0.5) is 5.69 Å². The first-order valence-corrected chi connectivity index (χ1v) is 7.69. The predicted octanol–water partition coefficient (Wildman–Crippen LogP) is 3.37. The van der Waals surface area contributed by atoms with E-state index in [1.54, 1.807) is 42.4 Å². The van der Waals surface area contributed by atoms with E-state index in [0.29, 0.717) is 22.9 Å². The van der Waals surface area contributed by atoms with Crippen LogP contribution in [0.2, 0.25) is 0 Å². The largest absolute Gasteiger partial charge is 0.317 e. The van der Waals surface area contributed by atoms with Gasteiger partial charge in [-0.1, -0.05) is 42.5 Å². The van der Waals surface area contributed by atoms with Gasteiger partial charge in [-0.25, -0.2) is 0 Å². The molecule has 24 heavy (non-hydrogen) atoms. The van der Waals surface area contributed by atoms with Crippen LogP contribution >= 0.6 is 0 Å². The van der Waals surface area contributed by atoms with Crippen molar-refractivity contribution in [1.82, 2.24) is 4.57 Å². The molecule has 2 aromatic carbocycles. The van der Waals surface area contributed by atoms with Crippen LogP contribution in [0.1, 0.15) is 10.4 Å². The van der Waals surface area contributed by atoms with E-state index < -0.39 is 0 Å². The van der Waals surface area contributed by atoms with E-state index in [1.807, 2.05) is 36.4 Å². The van der Waals surface area contributed by atoms with Gasteiger partial charge >= 0.3 is 0 Å². The zero-order valence-electron chi connectivity index (χ0n) is 13.5. The fourth-order valence-electron chi connectivity index (χ4n) is 2.77. The lowest BCUT2D eigenvalue weighted by molar-refractivity contribution is 0.0990. The summed E-state index contributed by atoms with van der Waals surface area (Å²) in [5.41, 5.74) is 1.18. The molecule has 0 radical (unpaired) electrons. The first-order chi connectivity index (χ1) is 11.6. The number of amides is 1. The number of carbonyl (C=O) groups is 1. The van der Waals surface area contributed by atoms with E-state index in [0.717, 1.165) is 5.69 Å². The van der Waals surface area contributed by atoms with Crippen LogP contribution in [0, 0.1) is 0 Å². The summed E-state index contributed by atoms with van der Waals surface area (Å²) in [5, 5.41) is 1.20. The molecular weight excluding hydrogens is 300 g/mol. The van der Waals surface area contributed by atoms with Crippen LogP contribution in [0.15, 0.2) is 78.2 Å². The predicted molar refractivity (Wildman–Crippen MR) is 97.5 cm³/mol. The summed E-state index contributed by atoms with van der Waals surface area (Å²) >= 11 is 0. The maximum atomic E-state index is 13.2. The van der Waals surface area contributed by atoms with Crippen LogP contribution in [-0.2, 0) is 7.05 Å². The molecule has 0 fully saturated rings. The van der Waals surface area contributed by atoms with Crippen LogP contribution in [-0.4, -0.2) is 17.0 Å². The molecule has 0 atom stereocenters. The summed E-state index contributed by atoms with van der Waals surface area (Å²) in [6.07, 6.45) is 3.29. The van der Waals surface area contributed by atoms with Crippen LogP contribution in [0.5, 0.6) is 0 Å². The smallest absolute Gasteiger partial charge is 0.260 e. The van der Waals surface area contributed by atoms with Crippen LogP contribution < -0.4 is 10.5 Å². The molecule has 1 heterocycles. The molecule has 3 aromatic rings. The fourth-order valence-corrected chi connectivity index (χ4v) is 2.77. The van der Waals surface area contributed by atoms with E-state index in [-0.39, 0.29) is 11.5 Å². The molecule has 0 aliphatic heterocycles. The second-order valence-electron chi connectivity index (χ2n) is 5.54. The van der Waals surface area contributed by atoms with Crippen molar-refractivity contribution in [2.24, 2.45) is 7.05 Å². The van der Waals surface area contributed by atoms with E-state index in [9.17, 15) is 9.59 Å². The molecule has 0 spiro atoms. The zero-order valence-corrected chi connectivity index (χ0v) is 13.5. The maximum absolute atomic E-state index is 13.2. The maximum Gasteiger partial charge on any atom is 0.260 e. The minimum atomic E-state index is -0.159. The highest BCUT2D eigenvalue weighted by molar-refractivity contribution is 6.13. The molecule has 0 saturated heterocycles. The Morgan fingerprint density at radius 3 is 2.38 bits per heavy atom. The summed E-state index contributed by atoms with van der Waals surface area (Å²) in [6, 6.07) is 16.6. The number of rotatable bonds is 4. The molecule has 3 rings (SSSR count). The Hall–Kier alpha value is -3.14. The van der Waals surface area contributed by atoms with Gasteiger partial charge in [-0.3, -0.25) is 9.59 Å². The molecule has 0 aliphatic carbocycles. The average Bonchev–Trinajstić information content (AvgIpc) is 2.63. The van der Waals surface area contributed by atoms with Crippen molar-refractivity contribution in [3.05, 3.63) is 89.4 Å². The van der Waals surface area contributed by atoms with E-state index in [2.05, 4.69) is 6.58 Å². The number of benzene rings is 2. The Balaban J connectivity index is 2.18. The number of carbonyl (C=O) groups excluding carboxylic acids is 1. The van der Waals surface area contributed by atoms with E-state index in [1.165, 1.54) is 4.57 Å². The van der Waals surface area contributed by atoms with Gasteiger partial charge in [0, 0.05) is 36.2 Å². The Bertz CT molecular complexity index is 958. The summed E-state index contributed by atoms with van der Waals surface area (Å²) in [5.74, 6) is -0.159. The molecule has 0 unspecified atom stereocenters. The summed E-state index contributed by atoms with van der Waals surface area (Å²) in [6.45, 7) is 4.14. The van der Waals surface area contributed by atoms with Gasteiger partial charge in [0.1, 0.15) is 0 Å². The molecule has 4 heteroatoms. The van der Waals surface area contributed by atoms with Crippen molar-refractivity contribution < 1.29 is 4.79 Å². The third kappa shape index (κ3) is 2.74. The average molecular weight is 318 g/mol. The topological polar surface area (TPSA) is 42.3 Å². The van der Waals surface area contributed by atoms with Gasteiger partial charge in [0.05, 0.1) is 5.56 Å². The zero-order chi connectivity index (χ0) is 17.1. The van der Waals surface area contributed by atoms with Gasteiger partial charge in [0.2, 0.25) is 0 Å². The minimum Gasteiger partial charge on any atom is -0.317 e. The number of aryl methyl sites for hydroxylation is 1. The third-order valence-electron chi connectivity index (χ3n) is 3.95. The van der Waals surface area contributed by atoms with Crippen molar-refractivity contribution >= 4 is 22.4 Å². The molecule has 120 valence electrons. The first-order valence-electron chi connectivity index (χ1n) is 7.69. The third-order valence-corrected chi connectivity index (χ3v) is 3.95. The molecule has 0 saturated carbocycles. The van der Waals surface area contributed by atoms with Gasteiger partial charge in [0.15, 0.2) is 0 Å². The molecular formula is C20H18N2O2. The number of aromatic nitrogens is 1. The Morgan fingerprint density at radius 1 is 1.08 bits per heavy atom. The standard InChI is InChI=1S/C20H18N2O2/c1-3-13-22(15-9-5-4-6-10-15)20(24)18-14-21(2)19(23)17-12-8-7-11-16(17)18/h3-12,14H,1,13H2,2H3. The number of fused-ring (bicyclic) bond motifs is 1. The van der Waals surface area contributed by atoms with Crippen molar-refractivity contribution in [1.29, 1.82) is 0 Å². The number of hydrogen-bond donors (Lipinski definition) is 0. The molecule has 0 aliphatic rings. The number of anilines is 1. The van der Waals surface area contributed by atoms with Gasteiger partial charge in [-0.2, -0.15) is 0 Å². The number of hydrogen-bond acceptors (Lipinski definition) is 2. The van der Waals surface area contributed by atoms with E-state index in [4.69, 9.17) is 0 Å². The van der Waals surface area contributed by atoms with Crippen LogP contribution in [0.3, 0.4) is 0 Å². The van der Waals surface area contributed by atoms with Crippen molar-refractivity contribution in [2.75, 3.05) is 11.4 Å². The van der Waals surface area contributed by atoms with Crippen molar-refractivity contribution in [2.45, 2.75) is 0 Å².